The molecule has 0 amide bonds. The van der Waals surface area contributed by atoms with Gasteiger partial charge in [-0.3, -0.25) is 10.00 Å². The lowest BCUT2D eigenvalue weighted by molar-refractivity contribution is 0.221. The van der Waals surface area contributed by atoms with Gasteiger partial charge >= 0.3 is 0 Å². The highest BCUT2D eigenvalue weighted by Crippen LogP contribution is 2.24. The van der Waals surface area contributed by atoms with Gasteiger partial charge in [-0.1, -0.05) is 12.5 Å². The molecule has 0 saturated carbocycles. The van der Waals surface area contributed by atoms with Crippen LogP contribution in [-0.4, -0.2) is 38.2 Å². The molecule has 1 aliphatic heterocycles. The van der Waals surface area contributed by atoms with Gasteiger partial charge < -0.3 is 10.7 Å². The van der Waals surface area contributed by atoms with Crippen molar-refractivity contribution in [3.63, 3.8) is 0 Å². The Morgan fingerprint density at radius 3 is 2.82 bits per heavy atom. The van der Waals surface area contributed by atoms with Gasteiger partial charge in [-0.05, 0) is 43.6 Å². The summed E-state index contributed by atoms with van der Waals surface area (Å²) in [4.78, 5) is 10.4. The Morgan fingerprint density at radius 2 is 2.05 bits per heavy atom. The second-order valence-corrected chi connectivity index (χ2v) is 5.97. The van der Waals surface area contributed by atoms with E-state index in [1.807, 2.05) is 0 Å². The number of piperidine rings is 1. The Hall–Kier alpha value is -2.34. The molecule has 0 aliphatic carbocycles. The molecule has 2 aromatic heterocycles. The molecule has 114 valence electrons. The highest BCUT2D eigenvalue weighted by Gasteiger charge is 2.13. The first kappa shape index (κ1) is 13.3. The first-order valence-corrected chi connectivity index (χ1v) is 7.80. The van der Waals surface area contributed by atoms with Crippen LogP contribution >= 0.6 is 0 Å². The SMILES string of the molecule is Nc1cn[nH]c1-c1nc2ccc(CN3CCCCC3)cc2[nH]1. The van der Waals surface area contributed by atoms with Gasteiger partial charge in [0.1, 0.15) is 5.69 Å². The van der Waals surface area contributed by atoms with E-state index >= 15 is 0 Å². The minimum atomic E-state index is 0.604. The van der Waals surface area contributed by atoms with Gasteiger partial charge in [0.05, 0.1) is 22.9 Å². The number of H-pyrrole nitrogens is 2. The van der Waals surface area contributed by atoms with E-state index in [4.69, 9.17) is 5.73 Å². The fraction of sp³-hybridized carbons (Fsp3) is 0.375. The van der Waals surface area contributed by atoms with Gasteiger partial charge in [-0.25, -0.2) is 4.98 Å². The van der Waals surface area contributed by atoms with E-state index in [-0.39, 0.29) is 0 Å². The summed E-state index contributed by atoms with van der Waals surface area (Å²) in [6, 6.07) is 6.42. The zero-order valence-electron chi connectivity index (χ0n) is 12.5. The van der Waals surface area contributed by atoms with Crippen molar-refractivity contribution < 1.29 is 0 Å². The third-order valence-corrected chi connectivity index (χ3v) is 4.31. The minimum absolute atomic E-state index is 0.604. The lowest BCUT2D eigenvalue weighted by Crippen LogP contribution is -2.29. The van der Waals surface area contributed by atoms with E-state index in [1.165, 1.54) is 37.9 Å². The third kappa shape index (κ3) is 2.46. The van der Waals surface area contributed by atoms with Gasteiger partial charge in [0.25, 0.3) is 0 Å². The Kier molecular flexibility index (Phi) is 3.31. The number of aromatic nitrogens is 4. The van der Waals surface area contributed by atoms with Crippen LogP contribution in [0.4, 0.5) is 5.69 Å². The summed E-state index contributed by atoms with van der Waals surface area (Å²) in [6.07, 6.45) is 5.60. The van der Waals surface area contributed by atoms with Crippen LogP contribution in [0.3, 0.4) is 0 Å². The number of nitrogens with two attached hydrogens (primary N) is 1. The van der Waals surface area contributed by atoms with E-state index in [0.717, 1.165) is 29.1 Å². The molecule has 1 fully saturated rings. The number of nitrogens with one attached hydrogen (secondary N) is 2. The van der Waals surface area contributed by atoms with Crippen LogP contribution in [0.15, 0.2) is 24.4 Å². The smallest absolute Gasteiger partial charge is 0.158 e. The zero-order valence-corrected chi connectivity index (χ0v) is 12.5. The van der Waals surface area contributed by atoms with Gasteiger partial charge in [-0.15, -0.1) is 0 Å². The molecule has 6 nitrogen and oxygen atoms in total. The summed E-state index contributed by atoms with van der Waals surface area (Å²) in [5, 5.41) is 6.83. The standard InChI is InChI=1S/C16H20N6/c17-12-9-18-21-15(12)16-19-13-5-4-11(8-14(13)20-16)10-22-6-2-1-3-7-22/h4-5,8-9H,1-3,6-7,10,17H2,(H,18,21)(H,19,20). The number of aromatic amines is 2. The van der Waals surface area contributed by atoms with Gasteiger partial charge in [0, 0.05) is 6.54 Å². The van der Waals surface area contributed by atoms with E-state index in [0.29, 0.717) is 5.69 Å². The number of rotatable bonds is 3. The number of imidazole rings is 1. The van der Waals surface area contributed by atoms with E-state index in [1.54, 1.807) is 6.20 Å². The molecule has 3 heterocycles. The number of likely N-dealkylation sites (tertiary alicyclic amines) is 1. The number of anilines is 1. The third-order valence-electron chi connectivity index (χ3n) is 4.31. The van der Waals surface area contributed by atoms with E-state index in [9.17, 15) is 0 Å². The second kappa shape index (κ2) is 5.46. The maximum Gasteiger partial charge on any atom is 0.158 e. The monoisotopic (exact) mass is 296 g/mol. The van der Waals surface area contributed by atoms with Crippen molar-refractivity contribution >= 4 is 16.7 Å². The Morgan fingerprint density at radius 1 is 1.18 bits per heavy atom. The van der Waals surface area contributed by atoms with Crippen LogP contribution in [0.25, 0.3) is 22.6 Å². The molecule has 0 bridgehead atoms. The molecular formula is C16H20N6. The fourth-order valence-electron chi connectivity index (χ4n) is 3.13. The van der Waals surface area contributed by atoms with Crippen LogP contribution in [0.1, 0.15) is 24.8 Å². The van der Waals surface area contributed by atoms with Gasteiger partial charge in [0.15, 0.2) is 5.82 Å². The molecule has 1 aliphatic rings. The average molecular weight is 296 g/mol. The number of hydrogen-bond donors (Lipinski definition) is 3. The van der Waals surface area contributed by atoms with Crippen molar-refractivity contribution in [2.45, 2.75) is 25.8 Å². The van der Waals surface area contributed by atoms with Crippen molar-refractivity contribution in [1.82, 2.24) is 25.1 Å². The molecule has 1 aromatic carbocycles. The molecular weight excluding hydrogens is 276 g/mol. The van der Waals surface area contributed by atoms with Gasteiger partial charge in [-0.2, -0.15) is 5.10 Å². The Balaban J connectivity index is 1.62. The molecule has 0 spiro atoms. The molecule has 22 heavy (non-hydrogen) atoms. The van der Waals surface area contributed by atoms with Crippen molar-refractivity contribution in [2.24, 2.45) is 0 Å². The zero-order chi connectivity index (χ0) is 14.9. The molecule has 0 atom stereocenters. The van der Waals surface area contributed by atoms with Crippen molar-refractivity contribution in [1.29, 1.82) is 0 Å². The van der Waals surface area contributed by atoms with Crippen LogP contribution in [0.5, 0.6) is 0 Å². The molecule has 1 saturated heterocycles. The second-order valence-electron chi connectivity index (χ2n) is 5.97. The summed E-state index contributed by atoms with van der Waals surface area (Å²) in [7, 11) is 0. The molecule has 6 heteroatoms. The lowest BCUT2D eigenvalue weighted by Gasteiger charge is -2.26. The van der Waals surface area contributed by atoms with E-state index < -0.39 is 0 Å². The van der Waals surface area contributed by atoms with Crippen LogP contribution < -0.4 is 5.73 Å². The van der Waals surface area contributed by atoms with Crippen molar-refractivity contribution in [2.75, 3.05) is 18.8 Å². The van der Waals surface area contributed by atoms with Gasteiger partial charge in [0.2, 0.25) is 0 Å². The molecule has 4 N–H and O–H groups in total. The van der Waals surface area contributed by atoms with Crippen LogP contribution in [0, 0.1) is 0 Å². The summed E-state index contributed by atoms with van der Waals surface area (Å²) >= 11 is 0. The summed E-state index contributed by atoms with van der Waals surface area (Å²) in [5.74, 6) is 0.736. The average Bonchev–Trinajstić information content (AvgIpc) is 3.13. The molecule has 0 radical (unpaired) electrons. The highest BCUT2D eigenvalue weighted by atomic mass is 15.1. The summed E-state index contributed by atoms with van der Waals surface area (Å²) in [5.41, 5.74) is 10.5. The first-order valence-electron chi connectivity index (χ1n) is 7.80. The highest BCUT2D eigenvalue weighted by molar-refractivity contribution is 5.81. The topological polar surface area (TPSA) is 86.6 Å². The van der Waals surface area contributed by atoms with Crippen LogP contribution in [0.2, 0.25) is 0 Å². The minimum Gasteiger partial charge on any atom is -0.396 e. The largest absolute Gasteiger partial charge is 0.396 e. The quantitative estimate of drug-likeness (QED) is 0.693. The van der Waals surface area contributed by atoms with E-state index in [2.05, 4.69) is 43.3 Å². The maximum atomic E-state index is 5.89. The molecule has 3 aromatic rings. The molecule has 0 unspecified atom stereocenters. The molecule has 4 rings (SSSR count). The number of hydrogen-bond acceptors (Lipinski definition) is 4. The predicted octanol–water partition coefficient (Wildman–Crippen LogP) is 2.52. The Labute approximate surface area is 128 Å². The van der Waals surface area contributed by atoms with Crippen LogP contribution in [-0.2, 0) is 6.54 Å². The number of fused-ring (bicyclic) bond motifs is 1. The normalized spacial score (nSPS) is 16.4. The van der Waals surface area contributed by atoms with Crippen molar-refractivity contribution in [3.05, 3.63) is 30.0 Å². The van der Waals surface area contributed by atoms with Crippen molar-refractivity contribution in [3.8, 4) is 11.5 Å². The number of nitrogen functional groups attached to an aromatic ring is 1. The Bertz CT molecular complexity index is 781. The predicted molar refractivity (Wildman–Crippen MR) is 87.2 cm³/mol. The maximum absolute atomic E-state index is 5.89. The summed E-state index contributed by atoms with van der Waals surface area (Å²) < 4.78 is 0. The summed E-state index contributed by atoms with van der Waals surface area (Å²) in [6.45, 7) is 3.42. The number of nitrogens with zero attached hydrogens (tertiary/aromatic N) is 3. The lowest BCUT2D eigenvalue weighted by atomic mass is 10.1. The first-order chi connectivity index (χ1) is 10.8. The number of benzene rings is 1. The fourth-order valence-corrected chi connectivity index (χ4v) is 3.13.